The van der Waals surface area contributed by atoms with Crippen LogP contribution in [0.4, 0.5) is 11.4 Å². The van der Waals surface area contributed by atoms with Crippen molar-refractivity contribution in [2.45, 2.75) is 6.61 Å². The van der Waals surface area contributed by atoms with Crippen molar-refractivity contribution < 1.29 is 24.3 Å². The normalized spacial score (nSPS) is 10.7. The summed E-state index contributed by atoms with van der Waals surface area (Å²) in [4.78, 5) is 22.7. The van der Waals surface area contributed by atoms with E-state index in [-0.39, 0.29) is 23.6 Å². The van der Waals surface area contributed by atoms with E-state index < -0.39 is 10.8 Å². The second-order valence-corrected chi connectivity index (χ2v) is 6.79. The van der Waals surface area contributed by atoms with Crippen LogP contribution >= 0.6 is 0 Å². The number of nitro groups is 1. The Kier molecular flexibility index (Phi) is 7.24. The molecule has 0 heterocycles. The number of non-ortho nitro benzene ring substituents is 1. The first kappa shape index (κ1) is 22.8. The third kappa shape index (κ3) is 6.08. The molecular weight excluding hydrogens is 426 g/mol. The lowest BCUT2D eigenvalue weighted by Crippen LogP contribution is -2.13. The van der Waals surface area contributed by atoms with E-state index in [0.29, 0.717) is 22.7 Å². The molecule has 3 aromatic carbocycles. The van der Waals surface area contributed by atoms with Gasteiger partial charge >= 0.3 is 0 Å². The zero-order valence-electron chi connectivity index (χ0n) is 17.5. The molecule has 0 spiro atoms. The molecule has 0 saturated carbocycles. The van der Waals surface area contributed by atoms with Crippen LogP contribution in [-0.4, -0.2) is 23.0 Å². The molecule has 0 aliphatic carbocycles. The zero-order valence-corrected chi connectivity index (χ0v) is 17.5. The number of carbonyl (C=O) groups excluding carboxylic acids is 1. The predicted octanol–water partition coefficient (Wildman–Crippen LogP) is 4.43. The molecule has 9 heteroatoms. The second-order valence-electron chi connectivity index (χ2n) is 6.79. The SMILES string of the molecule is COc1cc(/C=C(/C#N)C(=O)Nc2ccc(O)cc2)ccc1OCc1ccc([N+](=O)[O-])cc1. The Morgan fingerprint density at radius 2 is 1.82 bits per heavy atom. The molecule has 0 aliphatic heterocycles. The molecule has 0 bridgehead atoms. The second kappa shape index (κ2) is 10.5. The summed E-state index contributed by atoms with van der Waals surface area (Å²) >= 11 is 0. The van der Waals surface area contributed by atoms with Crippen LogP contribution in [0, 0.1) is 21.4 Å². The summed E-state index contributed by atoms with van der Waals surface area (Å²) < 4.78 is 11.1. The maximum atomic E-state index is 12.4. The lowest BCUT2D eigenvalue weighted by atomic mass is 10.1. The van der Waals surface area contributed by atoms with Gasteiger partial charge < -0.3 is 19.9 Å². The van der Waals surface area contributed by atoms with E-state index >= 15 is 0 Å². The molecular formula is C24H19N3O6. The van der Waals surface area contributed by atoms with Gasteiger partial charge in [0.1, 0.15) is 24.0 Å². The van der Waals surface area contributed by atoms with Crippen molar-refractivity contribution in [1.29, 1.82) is 5.26 Å². The summed E-state index contributed by atoms with van der Waals surface area (Å²) in [6.45, 7) is 0.169. The number of phenolic OH excluding ortho intramolecular Hbond substituents is 1. The summed E-state index contributed by atoms with van der Waals surface area (Å²) in [7, 11) is 1.46. The molecule has 166 valence electrons. The fourth-order valence-electron chi connectivity index (χ4n) is 2.83. The van der Waals surface area contributed by atoms with Gasteiger partial charge in [0, 0.05) is 17.8 Å². The van der Waals surface area contributed by atoms with E-state index in [1.165, 1.54) is 49.6 Å². The molecule has 0 fully saturated rings. The van der Waals surface area contributed by atoms with Gasteiger partial charge in [0.05, 0.1) is 12.0 Å². The van der Waals surface area contributed by atoms with Gasteiger partial charge in [-0.05, 0) is 65.7 Å². The summed E-state index contributed by atoms with van der Waals surface area (Å²) in [6.07, 6.45) is 1.42. The number of benzene rings is 3. The third-order valence-corrected chi connectivity index (χ3v) is 4.53. The van der Waals surface area contributed by atoms with E-state index in [2.05, 4.69) is 5.32 Å². The monoisotopic (exact) mass is 445 g/mol. The van der Waals surface area contributed by atoms with Crippen molar-refractivity contribution in [3.8, 4) is 23.3 Å². The van der Waals surface area contributed by atoms with E-state index in [1.807, 2.05) is 6.07 Å². The van der Waals surface area contributed by atoms with Gasteiger partial charge in [-0.1, -0.05) is 6.07 Å². The highest BCUT2D eigenvalue weighted by atomic mass is 16.6. The molecule has 0 radical (unpaired) electrons. The van der Waals surface area contributed by atoms with Gasteiger partial charge in [-0.2, -0.15) is 5.26 Å². The number of nitro benzene ring substituents is 1. The van der Waals surface area contributed by atoms with Crippen LogP contribution in [0.15, 0.2) is 72.3 Å². The minimum absolute atomic E-state index is 0.00443. The van der Waals surface area contributed by atoms with E-state index in [1.54, 1.807) is 30.3 Å². The summed E-state index contributed by atoms with van der Waals surface area (Å²) in [5.74, 6) is 0.287. The van der Waals surface area contributed by atoms with E-state index in [9.17, 15) is 25.3 Å². The van der Waals surface area contributed by atoms with Gasteiger partial charge in [0.2, 0.25) is 0 Å². The highest BCUT2D eigenvalue weighted by Crippen LogP contribution is 2.30. The minimum Gasteiger partial charge on any atom is -0.508 e. The van der Waals surface area contributed by atoms with Crippen LogP contribution in [0.2, 0.25) is 0 Å². The Morgan fingerprint density at radius 1 is 1.12 bits per heavy atom. The quantitative estimate of drug-likeness (QED) is 0.172. The van der Waals surface area contributed by atoms with E-state index in [0.717, 1.165) is 5.56 Å². The van der Waals surface area contributed by atoms with Crippen molar-refractivity contribution in [2.24, 2.45) is 0 Å². The number of nitrogens with one attached hydrogen (secondary N) is 1. The van der Waals surface area contributed by atoms with Gasteiger partial charge in [-0.15, -0.1) is 0 Å². The molecule has 0 unspecified atom stereocenters. The van der Waals surface area contributed by atoms with Crippen molar-refractivity contribution in [1.82, 2.24) is 0 Å². The van der Waals surface area contributed by atoms with Gasteiger partial charge in [0.15, 0.2) is 11.5 Å². The number of nitrogens with zero attached hydrogens (tertiary/aromatic N) is 2. The topological polar surface area (TPSA) is 135 Å². The number of amides is 1. The van der Waals surface area contributed by atoms with Crippen LogP contribution in [0.3, 0.4) is 0 Å². The third-order valence-electron chi connectivity index (χ3n) is 4.53. The summed E-state index contributed by atoms with van der Waals surface area (Å²) in [5, 5.41) is 32.1. The largest absolute Gasteiger partial charge is 0.508 e. The number of nitriles is 1. The van der Waals surface area contributed by atoms with Crippen LogP contribution < -0.4 is 14.8 Å². The first-order valence-corrected chi connectivity index (χ1v) is 9.66. The Labute approximate surface area is 189 Å². The molecule has 0 aromatic heterocycles. The molecule has 0 aliphatic rings. The van der Waals surface area contributed by atoms with Crippen LogP contribution in [-0.2, 0) is 11.4 Å². The van der Waals surface area contributed by atoms with Gasteiger partial charge in [-0.3, -0.25) is 14.9 Å². The minimum atomic E-state index is -0.597. The molecule has 33 heavy (non-hydrogen) atoms. The number of carbonyl (C=O) groups is 1. The number of methoxy groups -OCH3 is 1. The molecule has 2 N–H and O–H groups in total. The van der Waals surface area contributed by atoms with Crippen LogP contribution in [0.5, 0.6) is 17.2 Å². The first-order valence-electron chi connectivity index (χ1n) is 9.66. The average molecular weight is 445 g/mol. The average Bonchev–Trinajstić information content (AvgIpc) is 2.83. The summed E-state index contributed by atoms with van der Waals surface area (Å²) in [5.41, 5.74) is 1.60. The maximum absolute atomic E-state index is 12.4. The molecule has 3 aromatic rings. The number of anilines is 1. The number of phenols is 1. The fraction of sp³-hybridized carbons (Fsp3) is 0.0833. The lowest BCUT2D eigenvalue weighted by molar-refractivity contribution is -0.384. The van der Waals surface area contributed by atoms with Crippen molar-refractivity contribution in [3.63, 3.8) is 0 Å². The Balaban J connectivity index is 1.72. The van der Waals surface area contributed by atoms with Crippen LogP contribution in [0.25, 0.3) is 6.08 Å². The number of rotatable bonds is 8. The predicted molar refractivity (Wildman–Crippen MR) is 121 cm³/mol. The first-order chi connectivity index (χ1) is 15.9. The number of hydrogen-bond acceptors (Lipinski definition) is 7. The summed E-state index contributed by atoms with van der Waals surface area (Å²) in [6, 6.07) is 18.7. The number of ether oxygens (including phenoxy) is 2. The highest BCUT2D eigenvalue weighted by molar-refractivity contribution is 6.09. The molecule has 0 saturated heterocycles. The smallest absolute Gasteiger partial charge is 0.269 e. The van der Waals surface area contributed by atoms with Gasteiger partial charge in [0.25, 0.3) is 11.6 Å². The molecule has 1 amide bonds. The standard InChI is InChI=1S/C24H19N3O6/c1-32-23-13-17(12-18(14-25)24(29)26-19-5-9-21(28)10-6-19)4-11-22(23)33-15-16-2-7-20(8-3-16)27(30)31/h2-13,28H,15H2,1H3,(H,26,29)/b18-12-. The fourth-order valence-corrected chi connectivity index (χ4v) is 2.83. The molecule has 0 atom stereocenters. The zero-order chi connectivity index (χ0) is 23.8. The van der Waals surface area contributed by atoms with Gasteiger partial charge in [-0.25, -0.2) is 0 Å². The Bertz CT molecular complexity index is 1230. The molecule has 3 rings (SSSR count). The van der Waals surface area contributed by atoms with Crippen molar-refractivity contribution >= 4 is 23.4 Å². The van der Waals surface area contributed by atoms with Crippen LogP contribution in [0.1, 0.15) is 11.1 Å². The number of aromatic hydroxyl groups is 1. The number of hydrogen-bond donors (Lipinski definition) is 2. The molecule has 9 nitrogen and oxygen atoms in total. The maximum Gasteiger partial charge on any atom is 0.269 e. The lowest BCUT2D eigenvalue weighted by Gasteiger charge is -2.11. The Hall–Kier alpha value is -4.84. The highest BCUT2D eigenvalue weighted by Gasteiger charge is 2.12. The van der Waals surface area contributed by atoms with Crippen molar-refractivity contribution in [2.75, 3.05) is 12.4 Å². The Morgan fingerprint density at radius 3 is 2.42 bits per heavy atom. The van der Waals surface area contributed by atoms with Crippen molar-refractivity contribution in [3.05, 3.63) is 93.5 Å². The van der Waals surface area contributed by atoms with E-state index in [4.69, 9.17) is 9.47 Å².